The third-order valence-corrected chi connectivity index (χ3v) is 6.10. The number of ether oxygens (including phenoxy) is 1. The van der Waals surface area contributed by atoms with Crippen molar-refractivity contribution in [3.8, 4) is 17.0 Å². The lowest BCUT2D eigenvalue weighted by Gasteiger charge is -2.31. The van der Waals surface area contributed by atoms with Crippen molar-refractivity contribution in [2.75, 3.05) is 6.61 Å². The summed E-state index contributed by atoms with van der Waals surface area (Å²) >= 11 is 0. The van der Waals surface area contributed by atoms with E-state index in [1.54, 1.807) is 0 Å². The highest BCUT2D eigenvalue weighted by atomic mass is 16.5. The molecule has 2 heteroatoms. The van der Waals surface area contributed by atoms with Crippen LogP contribution in [-0.2, 0) is 6.42 Å². The second-order valence-corrected chi connectivity index (χ2v) is 8.01. The van der Waals surface area contributed by atoms with Gasteiger partial charge in [-0.05, 0) is 67.0 Å². The molecule has 2 unspecified atom stereocenters. The molecule has 0 saturated heterocycles. The number of rotatable bonds is 9. The van der Waals surface area contributed by atoms with Gasteiger partial charge in [-0.15, -0.1) is 0 Å². The average Bonchev–Trinajstić information content (AvgIpc) is 2.73. The van der Waals surface area contributed by atoms with Crippen LogP contribution in [0.2, 0.25) is 0 Å². The minimum absolute atomic E-state index is 0.831. The Bertz CT molecular complexity index is 660. The summed E-state index contributed by atoms with van der Waals surface area (Å²) in [7, 11) is 0. The summed E-state index contributed by atoms with van der Waals surface area (Å²) in [6.07, 6.45) is 14.0. The second-order valence-electron chi connectivity index (χ2n) is 8.01. The number of hydrogen-bond acceptors (Lipinski definition) is 2. The Kier molecular flexibility index (Phi) is 7.74. The lowest BCUT2D eigenvalue weighted by Crippen LogP contribution is -2.20. The van der Waals surface area contributed by atoms with Gasteiger partial charge in [-0.3, -0.25) is 4.98 Å². The third kappa shape index (κ3) is 5.82. The Labute approximate surface area is 165 Å². The van der Waals surface area contributed by atoms with Gasteiger partial charge >= 0.3 is 0 Å². The number of benzene rings is 1. The van der Waals surface area contributed by atoms with Crippen LogP contribution in [0.4, 0.5) is 0 Å². The number of pyridine rings is 1. The molecule has 0 amide bonds. The van der Waals surface area contributed by atoms with Crippen LogP contribution in [0.25, 0.3) is 11.3 Å². The molecule has 3 rings (SSSR count). The van der Waals surface area contributed by atoms with Crippen molar-refractivity contribution in [3.05, 3.63) is 48.2 Å². The first-order valence-electron chi connectivity index (χ1n) is 11.0. The maximum atomic E-state index is 6.00. The van der Waals surface area contributed by atoms with Gasteiger partial charge in [0.25, 0.3) is 0 Å². The highest BCUT2D eigenvalue weighted by Crippen LogP contribution is 2.36. The maximum Gasteiger partial charge on any atom is 0.119 e. The molecule has 27 heavy (non-hydrogen) atoms. The van der Waals surface area contributed by atoms with Crippen LogP contribution in [0.3, 0.4) is 0 Å². The normalized spacial score (nSPS) is 19.8. The predicted molar refractivity (Wildman–Crippen MR) is 114 cm³/mol. The van der Waals surface area contributed by atoms with Crippen LogP contribution in [-0.4, -0.2) is 11.6 Å². The summed E-state index contributed by atoms with van der Waals surface area (Å²) in [5.41, 5.74) is 3.45. The van der Waals surface area contributed by atoms with Crippen molar-refractivity contribution in [3.63, 3.8) is 0 Å². The SMILES string of the molecule is CCCC1CCCCC1CCCOc1ccc(-c2ccc(CC)cn2)cc1. The zero-order chi connectivity index (χ0) is 18.9. The van der Waals surface area contributed by atoms with Gasteiger partial charge < -0.3 is 4.74 Å². The molecular weight excluding hydrogens is 330 g/mol. The Hall–Kier alpha value is -1.83. The van der Waals surface area contributed by atoms with Gasteiger partial charge in [0.05, 0.1) is 12.3 Å². The van der Waals surface area contributed by atoms with Crippen molar-refractivity contribution in [1.29, 1.82) is 0 Å². The number of aryl methyl sites for hydroxylation is 1. The van der Waals surface area contributed by atoms with E-state index >= 15 is 0 Å². The standard InChI is InChI=1S/C25H35NO/c1-3-8-21-9-5-6-10-22(21)11-7-18-27-24-15-13-23(14-16-24)25-17-12-20(4-2)19-26-25/h12-17,19,21-22H,3-11,18H2,1-2H3. The van der Waals surface area contributed by atoms with Gasteiger partial charge in [0.2, 0.25) is 0 Å². The van der Waals surface area contributed by atoms with E-state index in [2.05, 4.69) is 55.2 Å². The van der Waals surface area contributed by atoms with E-state index in [1.165, 1.54) is 56.9 Å². The average molecular weight is 366 g/mol. The van der Waals surface area contributed by atoms with Crippen LogP contribution in [0.15, 0.2) is 42.6 Å². The van der Waals surface area contributed by atoms with Gasteiger partial charge in [-0.25, -0.2) is 0 Å². The molecule has 0 radical (unpaired) electrons. The summed E-state index contributed by atoms with van der Waals surface area (Å²) in [5.74, 6) is 2.87. The summed E-state index contributed by atoms with van der Waals surface area (Å²) in [6, 6.07) is 12.6. The first-order chi connectivity index (χ1) is 13.3. The van der Waals surface area contributed by atoms with Crippen LogP contribution in [0.1, 0.15) is 70.8 Å². The molecule has 0 bridgehead atoms. The quantitative estimate of drug-likeness (QED) is 0.443. The highest BCUT2D eigenvalue weighted by molar-refractivity contribution is 5.60. The molecule has 0 spiro atoms. The van der Waals surface area contributed by atoms with E-state index in [1.807, 2.05) is 6.20 Å². The molecule has 1 aliphatic carbocycles. The molecule has 0 N–H and O–H groups in total. The summed E-state index contributed by atoms with van der Waals surface area (Å²) < 4.78 is 6.00. The fraction of sp³-hybridized carbons (Fsp3) is 0.560. The Balaban J connectivity index is 1.44. The minimum Gasteiger partial charge on any atom is -0.494 e. The smallest absolute Gasteiger partial charge is 0.119 e. The fourth-order valence-electron chi connectivity index (χ4n) is 4.48. The zero-order valence-corrected chi connectivity index (χ0v) is 17.1. The summed E-state index contributed by atoms with van der Waals surface area (Å²) in [6.45, 7) is 5.31. The minimum atomic E-state index is 0.831. The van der Waals surface area contributed by atoms with Gasteiger partial charge in [0.15, 0.2) is 0 Å². The third-order valence-electron chi connectivity index (χ3n) is 6.10. The lowest BCUT2D eigenvalue weighted by molar-refractivity contribution is 0.193. The van der Waals surface area contributed by atoms with Crippen LogP contribution >= 0.6 is 0 Å². The molecule has 2 nitrogen and oxygen atoms in total. The first kappa shape index (κ1) is 19.9. The Morgan fingerprint density at radius 2 is 1.67 bits per heavy atom. The number of aromatic nitrogens is 1. The van der Waals surface area contributed by atoms with Gasteiger partial charge in [0.1, 0.15) is 5.75 Å². The molecule has 0 aliphatic heterocycles. The maximum absolute atomic E-state index is 6.00. The van der Waals surface area contributed by atoms with Crippen LogP contribution in [0.5, 0.6) is 5.75 Å². The second kappa shape index (κ2) is 10.5. The van der Waals surface area contributed by atoms with Crippen molar-refractivity contribution in [2.45, 2.75) is 71.6 Å². The molecule has 1 saturated carbocycles. The molecule has 1 fully saturated rings. The molecule has 2 atom stereocenters. The Morgan fingerprint density at radius 3 is 2.30 bits per heavy atom. The lowest BCUT2D eigenvalue weighted by atomic mass is 9.75. The molecular formula is C25H35NO. The Morgan fingerprint density at radius 1 is 0.926 bits per heavy atom. The summed E-state index contributed by atoms with van der Waals surface area (Å²) in [4.78, 5) is 4.56. The van der Waals surface area contributed by atoms with Crippen LogP contribution in [0, 0.1) is 11.8 Å². The molecule has 1 aromatic carbocycles. The topological polar surface area (TPSA) is 22.1 Å². The van der Waals surface area contributed by atoms with E-state index in [4.69, 9.17) is 4.74 Å². The van der Waals surface area contributed by atoms with Crippen molar-refractivity contribution in [2.24, 2.45) is 11.8 Å². The van der Waals surface area contributed by atoms with E-state index in [-0.39, 0.29) is 0 Å². The van der Waals surface area contributed by atoms with Crippen molar-refractivity contribution < 1.29 is 4.74 Å². The fourth-order valence-corrected chi connectivity index (χ4v) is 4.48. The molecule has 1 heterocycles. The van der Waals surface area contributed by atoms with Crippen LogP contribution < -0.4 is 4.74 Å². The van der Waals surface area contributed by atoms with Gasteiger partial charge in [-0.1, -0.05) is 58.4 Å². The molecule has 2 aromatic rings. The zero-order valence-electron chi connectivity index (χ0n) is 17.1. The molecule has 1 aliphatic rings. The van der Waals surface area contributed by atoms with E-state index in [9.17, 15) is 0 Å². The van der Waals surface area contributed by atoms with Gasteiger partial charge in [-0.2, -0.15) is 0 Å². The van der Waals surface area contributed by atoms with E-state index in [0.29, 0.717) is 0 Å². The molecule has 146 valence electrons. The van der Waals surface area contributed by atoms with E-state index in [0.717, 1.165) is 41.9 Å². The van der Waals surface area contributed by atoms with Gasteiger partial charge in [0, 0.05) is 11.8 Å². The number of nitrogens with zero attached hydrogens (tertiary/aromatic N) is 1. The predicted octanol–water partition coefficient (Wildman–Crippen LogP) is 7.08. The van der Waals surface area contributed by atoms with Crippen molar-refractivity contribution >= 4 is 0 Å². The summed E-state index contributed by atoms with van der Waals surface area (Å²) in [5, 5.41) is 0. The monoisotopic (exact) mass is 365 g/mol. The van der Waals surface area contributed by atoms with E-state index < -0.39 is 0 Å². The first-order valence-corrected chi connectivity index (χ1v) is 11.0. The number of hydrogen-bond donors (Lipinski definition) is 0. The molecule has 1 aromatic heterocycles. The largest absolute Gasteiger partial charge is 0.494 e. The highest BCUT2D eigenvalue weighted by Gasteiger charge is 2.23. The van der Waals surface area contributed by atoms with Crippen molar-refractivity contribution in [1.82, 2.24) is 4.98 Å².